The smallest absolute Gasteiger partial charge is 0.249 e. The zero-order valence-corrected chi connectivity index (χ0v) is 6.16. The molecule has 1 N–H and O–H groups in total. The summed E-state index contributed by atoms with van der Waals surface area (Å²) in [7, 11) is 0. The van der Waals surface area contributed by atoms with Crippen LogP contribution in [0.2, 0.25) is 0 Å². The van der Waals surface area contributed by atoms with E-state index < -0.39 is 11.8 Å². The molecule has 0 aromatic rings. The molecule has 0 spiro atoms. The molecule has 1 fully saturated rings. The Morgan fingerprint density at radius 1 is 1.50 bits per heavy atom. The van der Waals surface area contributed by atoms with Gasteiger partial charge in [-0.2, -0.15) is 0 Å². The van der Waals surface area contributed by atoms with Crippen LogP contribution in [0.5, 0.6) is 0 Å². The first kappa shape index (κ1) is 7.92. The Morgan fingerprint density at radius 3 is 2.50 bits per heavy atom. The average molecular weight is 149 g/mol. The quantitative estimate of drug-likeness (QED) is 0.597. The van der Waals surface area contributed by atoms with Crippen molar-refractivity contribution < 1.29 is 8.78 Å². The van der Waals surface area contributed by atoms with Gasteiger partial charge in [-0.25, -0.2) is 8.78 Å². The van der Waals surface area contributed by atoms with Gasteiger partial charge >= 0.3 is 0 Å². The molecule has 10 heavy (non-hydrogen) atoms. The lowest BCUT2D eigenvalue weighted by molar-refractivity contribution is -0.0474. The van der Waals surface area contributed by atoms with Crippen molar-refractivity contribution in [1.29, 1.82) is 0 Å². The number of alkyl halides is 2. The first-order valence-corrected chi connectivity index (χ1v) is 3.69. The highest BCUT2D eigenvalue weighted by molar-refractivity contribution is 4.78. The van der Waals surface area contributed by atoms with Gasteiger partial charge in [0.25, 0.3) is 0 Å². The van der Waals surface area contributed by atoms with Crippen molar-refractivity contribution in [3.8, 4) is 0 Å². The van der Waals surface area contributed by atoms with Crippen molar-refractivity contribution in [3.63, 3.8) is 0 Å². The second kappa shape index (κ2) is 2.82. The van der Waals surface area contributed by atoms with Crippen LogP contribution in [0.25, 0.3) is 0 Å². The number of halogens is 2. The van der Waals surface area contributed by atoms with Crippen LogP contribution in [0.15, 0.2) is 0 Å². The summed E-state index contributed by atoms with van der Waals surface area (Å²) in [5, 5.41) is 2.96. The maximum Gasteiger partial charge on any atom is 0.249 e. The van der Waals surface area contributed by atoms with E-state index in [9.17, 15) is 8.78 Å². The molecule has 60 valence electrons. The summed E-state index contributed by atoms with van der Waals surface area (Å²) in [6, 6.07) is 0. The molecule has 0 aliphatic carbocycles. The summed E-state index contributed by atoms with van der Waals surface area (Å²) in [5.41, 5.74) is 0. The molecule has 1 aliphatic heterocycles. The molecule has 0 radical (unpaired) electrons. The van der Waals surface area contributed by atoms with Crippen LogP contribution in [0.3, 0.4) is 0 Å². The summed E-state index contributed by atoms with van der Waals surface area (Å²) in [6.07, 6.45) is 1.55. The van der Waals surface area contributed by atoms with Gasteiger partial charge in [0.05, 0.1) is 0 Å². The van der Waals surface area contributed by atoms with Crippen LogP contribution in [-0.2, 0) is 0 Å². The maximum atomic E-state index is 12.6. The predicted molar refractivity (Wildman–Crippen MR) is 36.2 cm³/mol. The molecule has 1 saturated heterocycles. The third-order valence-electron chi connectivity index (χ3n) is 2.01. The van der Waals surface area contributed by atoms with Gasteiger partial charge in [-0.05, 0) is 26.3 Å². The van der Waals surface area contributed by atoms with E-state index in [1.807, 2.05) is 0 Å². The van der Waals surface area contributed by atoms with Crippen molar-refractivity contribution in [2.24, 2.45) is 5.92 Å². The maximum absolute atomic E-state index is 12.6. The van der Waals surface area contributed by atoms with Crippen LogP contribution in [0.1, 0.15) is 19.8 Å². The van der Waals surface area contributed by atoms with Gasteiger partial charge in [0.15, 0.2) is 0 Å². The molecule has 0 saturated carbocycles. The summed E-state index contributed by atoms with van der Waals surface area (Å²) in [6.45, 7) is 2.38. The van der Waals surface area contributed by atoms with Crippen molar-refractivity contribution in [3.05, 3.63) is 0 Å². The summed E-state index contributed by atoms with van der Waals surface area (Å²) < 4.78 is 25.1. The van der Waals surface area contributed by atoms with Crippen LogP contribution in [0, 0.1) is 5.92 Å². The number of piperidine rings is 1. The first-order valence-electron chi connectivity index (χ1n) is 3.69. The largest absolute Gasteiger partial charge is 0.316 e. The minimum absolute atomic E-state index is 0.443. The number of rotatable bonds is 1. The van der Waals surface area contributed by atoms with Gasteiger partial charge in [0.1, 0.15) is 0 Å². The second-order valence-corrected chi connectivity index (χ2v) is 3.00. The van der Waals surface area contributed by atoms with Crippen molar-refractivity contribution in [2.75, 3.05) is 13.1 Å². The molecule has 1 atom stereocenters. The zero-order valence-electron chi connectivity index (χ0n) is 6.16. The molecule has 3 heteroatoms. The van der Waals surface area contributed by atoms with Gasteiger partial charge in [-0.15, -0.1) is 0 Å². The molecule has 0 bridgehead atoms. The number of hydrogen-bond acceptors (Lipinski definition) is 1. The fourth-order valence-corrected chi connectivity index (χ4v) is 1.28. The predicted octanol–water partition coefficient (Wildman–Crippen LogP) is 1.64. The summed E-state index contributed by atoms with van der Waals surface area (Å²) >= 11 is 0. The Hall–Kier alpha value is -0.180. The van der Waals surface area contributed by atoms with E-state index in [-0.39, 0.29) is 0 Å². The Bertz CT molecular complexity index is 103. The van der Waals surface area contributed by atoms with E-state index in [2.05, 4.69) is 5.32 Å². The van der Waals surface area contributed by atoms with Crippen molar-refractivity contribution in [1.82, 2.24) is 5.32 Å². The molecule has 0 aromatic heterocycles. The molecule has 1 rings (SSSR count). The fourth-order valence-electron chi connectivity index (χ4n) is 1.28. The normalized spacial score (nSPS) is 28.5. The van der Waals surface area contributed by atoms with E-state index in [0.717, 1.165) is 19.9 Å². The van der Waals surface area contributed by atoms with Gasteiger partial charge in [0.2, 0.25) is 5.92 Å². The van der Waals surface area contributed by atoms with Crippen molar-refractivity contribution in [2.45, 2.75) is 25.7 Å². The highest BCUT2D eigenvalue weighted by atomic mass is 19.3. The molecule has 0 amide bonds. The SMILES string of the molecule is CC(F)(F)[C@@H]1CCCNC1. The zero-order chi connectivity index (χ0) is 7.61. The van der Waals surface area contributed by atoms with E-state index >= 15 is 0 Å². The molecule has 1 nitrogen and oxygen atoms in total. The minimum Gasteiger partial charge on any atom is -0.316 e. The van der Waals surface area contributed by atoms with Crippen molar-refractivity contribution >= 4 is 0 Å². The van der Waals surface area contributed by atoms with Gasteiger partial charge in [-0.1, -0.05) is 0 Å². The van der Waals surface area contributed by atoms with E-state index in [1.165, 1.54) is 0 Å². The fraction of sp³-hybridized carbons (Fsp3) is 1.00. The number of hydrogen-bond donors (Lipinski definition) is 1. The standard InChI is InChI=1S/C7H13F2N/c1-7(8,9)6-3-2-4-10-5-6/h6,10H,2-5H2,1H3/t6-/m1/s1. The Morgan fingerprint density at radius 2 is 2.20 bits per heavy atom. The van der Waals surface area contributed by atoms with E-state index in [1.54, 1.807) is 0 Å². The molecule has 1 heterocycles. The monoisotopic (exact) mass is 149 g/mol. The van der Waals surface area contributed by atoms with Crippen LogP contribution in [0.4, 0.5) is 8.78 Å². The Balaban J connectivity index is 2.39. The van der Waals surface area contributed by atoms with Gasteiger partial charge in [-0.3, -0.25) is 0 Å². The third-order valence-corrected chi connectivity index (χ3v) is 2.01. The molecule has 0 aromatic carbocycles. The molecular formula is C7H13F2N. The second-order valence-electron chi connectivity index (χ2n) is 3.00. The van der Waals surface area contributed by atoms with E-state index in [0.29, 0.717) is 13.0 Å². The minimum atomic E-state index is -2.49. The molecule has 1 aliphatic rings. The summed E-state index contributed by atoms with van der Waals surface area (Å²) in [4.78, 5) is 0. The summed E-state index contributed by atoms with van der Waals surface area (Å²) in [5.74, 6) is -2.94. The Labute approximate surface area is 59.8 Å². The van der Waals surface area contributed by atoms with Crippen LogP contribution in [-0.4, -0.2) is 19.0 Å². The average Bonchev–Trinajstić information content (AvgIpc) is 1.88. The first-order chi connectivity index (χ1) is 4.61. The third kappa shape index (κ3) is 1.90. The molecule has 0 unspecified atom stereocenters. The van der Waals surface area contributed by atoms with Crippen LogP contribution >= 0.6 is 0 Å². The van der Waals surface area contributed by atoms with Crippen LogP contribution < -0.4 is 5.32 Å². The lowest BCUT2D eigenvalue weighted by atomic mass is 9.94. The van der Waals surface area contributed by atoms with Gasteiger partial charge < -0.3 is 5.32 Å². The Kier molecular flexibility index (Phi) is 2.24. The lowest BCUT2D eigenvalue weighted by Gasteiger charge is -2.27. The highest BCUT2D eigenvalue weighted by Gasteiger charge is 2.34. The van der Waals surface area contributed by atoms with E-state index in [4.69, 9.17) is 0 Å². The number of nitrogens with one attached hydrogen (secondary N) is 1. The lowest BCUT2D eigenvalue weighted by Crippen LogP contribution is -2.38. The molecular weight excluding hydrogens is 136 g/mol. The topological polar surface area (TPSA) is 12.0 Å². The highest BCUT2D eigenvalue weighted by Crippen LogP contribution is 2.28. The van der Waals surface area contributed by atoms with Gasteiger partial charge in [0, 0.05) is 12.5 Å².